The van der Waals surface area contributed by atoms with Gasteiger partial charge in [-0.05, 0) is 17.7 Å². The molecule has 3 aromatic rings. The summed E-state index contributed by atoms with van der Waals surface area (Å²) in [5, 5.41) is 3.51. The highest BCUT2D eigenvalue weighted by Crippen LogP contribution is 2.33. The van der Waals surface area contributed by atoms with Crippen molar-refractivity contribution < 1.29 is 13.9 Å². The Kier molecular flexibility index (Phi) is 7.29. The van der Waals surface area contributed by atoms with Crippen LogP contribution in [-0.4, -0.2) is 62.1 Å². The third-order valence-corrected chi connectivity index (χ3v) is 6.88. The SMILES string of the molecule is COCc1c(C(=O)NCCN2CCN(Cc3ccccc3)CC2)sc2cccc(F)c12. The van der Waals surface area contributed by atoms with Gasteiger partial charge in [-0.3, -0.25) is 14.6 Å². The van der Waals surface area contributed by atoms with E-state index < -0.39 is 0 Å². The van der Waals surface area contributed by atoms with E-state index in [2.05, 4.69) is 39.4 Å². The summed E-state index contributed by atoms with van der Waals surface area (Å²) in [5.41, 5.74) is 1.97. The zero-order valence-corrected chi connectivity index (χ0v) is 18.6. The van der Waals surface area contributed by atoms with Crippen LogP contribution >= 0.6 is 11.3 Å². The van der Waals surface area contributed by atoms with E-state index in [-0.39, 0.29) is 18.3 Å². The third kappa shape index (κ3) is 5.30. The number of thiophene rings is 1. The molecular formula is C24H28FN3O2S. The maximum atomic E-state index is 14.3. The van der Waals surface area contributed by atoms with E-state index >= 15 is 0 Å². The number of benzene rings is 2. The minimum absolute atomic E-state index is 0.157. The molecule has 0 aliphatic carbocycles. The summed E-state index contributed by atoms with van der Waals surface area (Å²) < 4.78 is 20.3. The van der Waals surface area contributed by atoms with E-state index in [1.165, 1.54) is 23.0 Å². The summed E-state index contributed by atoms with van der Waals surface area (Å²) in [6, 6.07) is 15.5. The molecule has 5 nitrogen and oxygen atoms in total. The molecule has 0 bridgehead atoms. The van der Waals surface area contributed by atoms with E-state index in [0.717, 1.165) is 44.0 Å². The van der Waals surface area contributed by atoms with Crippen LogP contribution in [0, 0.1) is 5.82 Å². The molecule has 0 radical (unpaired) electrons. The molecule has 164 valence electrons. The van der Waals surface area contributed by atoms with Crippen molar-refractivity contribution in [3.05, 3.63) is 70.4 Å². The van der Waals surface area contributed by atoms with Gasteiger partial charge in [0, 0.05) is 68.6 Å². The number of halogens is 1. The fraction of sp³-hybridized carbons (Fsp3) is 0.375. The molecule has 1 amide bonds. The number of methoxy groups -OCH3 is 1. The van der Waals surface area contributed by atoms with Crippen LogP contribution in [0.4, 0.5) is 4.39 Å². The predicted molar refractivity (Wildman–Crippen MR) is 123 cm³/mol. The summed E-state index contributed by atoms with van der Waals surface area (Å²) in [6.45, 7) is 6.61. The Labute approximate surface area is 186 Å². The number of hydrogen-bond donors (Lipinski definition) is 1. The van der Waals surface area contributed by atoms with Gasteiger partial charge in [0.05, 0.1) is 11.5 Å². The molecule has 1 saturated heterocycles. The number of hydrogen-bond acceptors (Lipinski definition) is 5. The lowest BCUT2D eigenvalue weighted by molar-refractivity contribution is 0.0934. The van der Waals surface area contributed by atoms with E-state index in [4.69, 9.17) is 4.74 Å². The number of ether oxygens (including phenoxy) is 1. The van der Waals surface area contributed by atoms with Crippen molar-refractivity contribution in [3.8, 4) is 0 Å². The number of piperazine rings is 1. The Bertz CT molecular complexity index is 1020. The van der Waals surface area contributed by atoms with E-state index in [1.807, 2.05) is 12.1 Å². The number of fused-ring (bicyclic) bond motifs is 1. The standard InChI is InChI=1S/C24H28FN3O2S/c1-30-17-19-22-20(25)8-5-9-21(22)31-23(19)24(29)26-10-11-27-12-14-28(15-13-27)16-18-6-3-2-4-7-18/h2-9H,10-17H2,1H3,(H,26,29). The lowest BCUT2D eigenvalue weighted by Gasteiger charge is -2.34. The average Bonchev–Trinajstić information content (AvgIpc) is 3.16. The van der Waals surface area contributed by atoms with Crippen molar-refractivity contribution in [2.24, 2.45) is 0 Å². The molecule has 1 aliphatic rings. The van der Waals surface area contributed by atoms with Crippen molar-refractivity contribution in [2.75, 3.05) is 46.4 Å². The quantitative estimate of drug-likeness (QED) is 0.579. The molecule has 31 heavy (non-hydrogen) atoms. The Morgan fingerprint density at radius 2 is 1.81 bits per heavy atom. The van der Waals surface area contributed by atoms with Crippen molar-refractivity contribution in [1.29, 1.82) is 0 Å². The molecule has 4 rings (SSSR count). The monoisotopic (exact) mass is 441 g/mol. The highest BCUT2D eigenvalue weighted by atomic mass is 32.1. The minimum Gasteiger partial charge on any atom is -0.380 e. The van der Waals surface area contributed by atoms with Crippen molar-refractivity contribution in [1.82, 2.24) is 15.1 Å². The summed E-state index contributed by atoms with van der Waals surface area (Å²) >= 11 is 1.32. The molecule has 2 heterocycles. The lowest BCUT2D eigenvalue weighted by atomic mass is 10.1. The Morgan fingerprint density at radius 3 is 2.55 bits per heavy atom. The van der Waals surface area contributed by atoms with Crippen LogP contribution in [0.15, 0.2) is 48.5 Å². The molecule has 1 aliphatic heterocycles. The Morgan fingerprint density at radius 1 is 1.06 bits per heavy atom. The number of nitrogens with zero attached hydrogens (tertiary/aromatic N) is 2. The van der Waals surface area contributed by atoms with E-state index in [1.54, 1.807) is 13.2 Å². The number of amides is 1. The largest absolute Gasteiger partial charge is 0.380 e. The molecule has 1 aromatic heterocycles. The smallest absolute Gasteiger partial charge is 0.261 e. The number of nitrogens with one attached hydrogen (secondary N) is 1. The maximum absolute atomic E-state index is 14.3. The van der Waals surface area contributed by atoms with Gasteiger partial charge < -0.3 is 10.1 Å². The van der Waals surface area contributed by atoms with E-state index in [9.17, 15) is 9.18 Å². The molecule has 0 atom stereocenters. The van der Waals surface area contributed by atoms with Crippen LogP contribution in [0.25, 0.3) is 10.1 Å². The minimum atomic E-state index is -0.312. The second-order valence-electron chi connectivity index (χ2n) is 7.82. The van der Waals surface area contributed by atoms with Crippen molar-refractivity contribution in [3.63, 3.8) is 0 Å². The van der Waals surface area contributed by atoms with Crippen LogP contribution < -0.4 is 5.32 Å². The van der Waals surface area contributed by atoms with Gasteiger partial charge in [-0.15, -0.1) is 11.3 Å². The molecule has 2 aromatic carbocycles. The predicted octanol–water partition coefficient (Wildman–Crippen LogP) is 3.73. The maximum Gasteiger partial charge on any atom is 0.261 e. The second kappa shape index (κ2) is 10.3. The highest BCUT2D eigenvalue weighted by molar-refractivity contribution is 7.21. The lowest BCUT2D eigenvalue weighted by Crippen LogP contribution is -2.48. The number of carbonyl (C=O) groups is 1. The van der Waals surface area contributed by atoms with Gasteiger partial charge in [0.2, 0.25) is 0 Å². The first-order valence-electron chi connectivity index (χ1n) is 10.6. The van der Waals surface area contributed by atoms with Crippen molar-refractivity contribution in [2.45, 2.75) is 13.2 Å². The van der Waals surface area contributed by atoms with Crippen molar-refractivity contribution >= 4 is 27.3 Å². The van der Waals surface area contributed by atoms with Gasteiger partial charge in [0.15, 0.2) is 0 Å². The molecule has 0 unspecified atom stereocenters. The average molecular weight is 442 g/mol. The van der Waals surface area contributed by atoms with Gasteiger partial charge in [0.25, 0.3) is 5.91 Å². The first kappa shape index (κ1) is 21.9. The van der Waals surface area contributed by atoms with Crippen LogP contribution in [0.2, 0.25) is 0 Å². The summed E-state index contributed by atoms with van der Waals surface area (Å²) in [6.07, 6.45) is 0. The van der Waals surface area contributed by atoms with Gasteiger partial charge >= 0.3 is 0 Å². The van der Waals surface area contributed by atoms with Gasteiger partial charge in [-0.25, -0.2) is 4.39 Å². The van der Waals surface area contributed by atoms with Crippen LogP contribution in [0.5, 0.6) is 0 Å². The molecule has 0 spiro atoms. The van der Waals surface area contributed by atoms with Crippen LogP contribution in [0.1, 0.15) is 20.8 Å². The van der Waals surface area contributed by atoms with Gasteiger partial charge in [-0.2, -0.15) is 0 Å². The molecule has 7 heteroatoms. The third-order valence-electron chi connectivity index (χ3n) is 5.69. The zero-order chi connectivity index (χ0) is 21.6. The number of carbonyl (C=O) groups excluding carboxylic acids is 1. The fourth-order valence-electron chi connectivity index (χ4n) is 4.05. The van der Waals surface area contributed by atoms with Gasteiger partial charge in [0.1, 0.15) is 5.82 Å². The number of rotatable bonds is 8. The summed E-state index contributed by atoms with van der Waals surface area (Å²) in [5.74, 6) is -0.469. The summed E-state index contributed by atoms with van der Waals surface area (Å²) in [4.78, 5) is 18.2. The van der Waals surface area contributed by atoms with Crippen LogP contribution in [-0.2, 0) is 17.9 Å². The normalized spacial score (nSPS) is 15.4. The summed E-state index contributed by atoms with van der Waals surface area (Å²) in [7, 11) is 1.56. The Hall–Kier alpha value is -2.32. The highest BCUT2D eigenvalue weighted by Gasteiger charge is 2.21. The first-order chi connectivity index (χ1) is 15.2. The Balaban J connectivity index is 1.28. The van der Waals surface area contributed by atoms with E-state index in [0.29, 0.717) is 22.4 Å². The topological polar surface area (TPSA) is 44.8 Å². The second-order valence-corrected chi connectivity index (χ2v) is 8.87. The fourth-order valence-corrected chi connectivity index (χ4v) is 5.19. The zero-order valence-electron chi connectivity index (χ0n) is 17.8. The molecule has 0 saturated carbocycles. The molecule has 1 N–H and O–H groups in total. The molecular weight excluding hydrogens is 413 g/mol. The molecule has 1 fully saturated rings. The van der Waals surface area contributed by atoms with Crippen LogP contribution in [0.3, 0.4) is 0 Å². The first-order valence-corrected chi connectivity index (χ1v) is 11.4. The van der Waals surface area contributed by atoms with Gasteiger partial charge in [-0.1, -0.05) is 36.4 Å².